The summed E-state index contributed by atoms with van der Waals surface area (Å²) in [7, 11) is -3.74. The fourth-order valence-corrected chi connectivity index (χ4v) is 6.97. The summed E-state index contributed by atoms with van der Waals surface area (Å²) in [5.74, 6) is -0.236. The first-order valence-electron chi connectivity index (χ1n) is 12.6. The second-order valence-electron chi connectivity index (χ2n) is 9.83. The minimum Gasteiger partial charge on any atom is -0.368 e. The first-order chi connectivity index (χ1) is 18.3. The summed E-state index contributed by atoms with van der Waals surface area (Å²) in [4.78, 5) is 24.3. The van der Waals surface area contributed by atoms with Gasteiger partial charge in [-0.3, -0.25) is 4.79 Å². The number of nitrogens with zero attached hydrogens (tertiary/aromatic N) is 4. The molecule has 4 N–H and O–H groups in total. The van der Waals surface area contributed by atoms with E-state index < -0.39 is 10.0 Å². The normalized spacial score (nSPS) is 16.6. The molecule has 9 nitrogen and oxygen atoms in total. The number of nitrogen functional groups attached to an aromatic ring is 1. The molecule has 38 heavy (non-hydrogen) atoms. The minimum absolute atomic E-state index is 0.0107. The van der Waals surface area contributed by atoms with Crippen LogP contribution in [0.25, 0.3) is 22.0 Å². The van der Waals surface area contributed by atoms with Gasteiger partial charge in [-0.2, -0.15) is 4.31 Å². The van der Waals surface area contributed by atoms with Gasteiger partial charge in [0.2, 0.25) is 16.0 Å². The third-order valence-electron chi connectivity index (χ3n) is 7.36. The average Bonchev–Trinajstić information content (AvgIpc) is 3.37. The van der Waals surface area contributed by atoms with Gasteiger partial charge in [-0.1, -0.05) is 48.5 Å². The van der Waals surface area contributed by atoms with Crippen LogP contribution in [0, 0.1) is 0 Å². The molecule has 2 aliphatic heterocycles. The van der Waals surface area contributed by atoms with Gasteiger partial charge in [0.1, 0.15) is 5.69 Å². The lowest BCUT2D eigenvalue weighted by Crippen LogP contribution is -2.42. The van der Waals surface area contributed by atoms with Gasteiger partial charge in [-0.15, -0.1) is 0 Å². The predicted octanol–water partition coefficient (Wildman–Crippen LogP) is 3.15. The van der Waals surface area contributed by atoms with Crippen LogP contribution in [0.1, 0.15) is 34.5 Å². The van der Waals surface area contributed by atoms with Crippen molar-refractivity contribution in [2.24, 2.45) is 5.73 Å². The Balaban J connectivity index is 1.41. The molecule has 0 aliphatic carbocycles. The molecule has 1 aromatic heterocycles. The highest BCUT2D eigenvalue weighted by Gasteiger charge is 2.31. The summed E-state index contributed by atoms with van der Waals surface area (Å²) in [6.07, 6.45) is 1.25. The van der Waals surface area contributed by atoms with Gasteiger partial charge >= 0.3 is 0 Å². The molecule has 6 rings (SSSR count). The zero-order valence-corrected chi connectivity index (χ0v) is 21.6. The Morgan fingerprint density at radius 2 is 1.55 bits per heavy atom. The highest BCUT2D eigenvalue weighted by atomic mass is 32.2. The third-order valence-corrected chi connectivity index (χ3v) is 9.31. The van der Waals surface area contributed by atoms with Crippen molar-refractivity contribution in [2.75, 3.05) is 18.8 Å². The van der Waals surface area contributed by atoms with Crippen LogP contribution in [-0.2, 0) is 23.1 Å². The zero-order chi connectivity index (χ0) is 26.4. The van der Waals surface area contributed by atoms with Crippen molar-refractivity contribution in [2.45, 2.75) is 36.9 Å². The van der Waals surface area contributed by atoms with Gasteiger partial charge in [0.15, 0.2) is 0 Å². The van der Waals surface area contributed by atoms with E-state index in [0.717, 1.165) is 11.1 Å². The highest BCUT2D eigenvalue weighted by molar-refractivity contribution is 7.89. The Labute approximate surface area is 221 Å². The molecule has 1 fully saturated rings. The quantitative estimate of drug-likeness (QED) is 0.415. The van der Waals surface area contributed by atoms with Crippen LogP contribution in [0.3, 0.4) is 0 Å². The fourth-order valence-electron chi connectivity index (χ4n) is 5.29. The van der Waals surface area contributed by atoms with Gasteiger partial charge in [-0.25, -0.2) is 18.4 Å². The molecule has 0 unspecified atom stereocenters. The van der Waals surface area contributed by atoms with Crippen molar-refractivity contribution in [3.8, 4) is 11.1 Å². The number of nitrogens with two attached hydrogens (primary N) is 2. The van der Waals surface area contributed by atoms with Crippen LogP contribution < -0.4 is 11.5 Å². The molecule has 4 aromatic rings. The largest absolute Gasteiger partial charge is 0.368 e. The fraction of sp³-hybridized carbons (Fsp3) is 0.250. The number of benzene rings is 3. The number of piperidine rings is 1. The summed E-state index contributed by atoms with van der Waals surface area (Å²) >= 11 is 0. The average molecular weight is 529 g/mol. The van der Waals surface area contributed by atoms with Crippen molar-refractivity contribution < 1.29 is 13.2 Å². The van der Waals surface area contributed by atoms with E-state index in [1.54, 1.807) is 47.4 Å². The summed E-state index contributed by atoms with van der Waals surface area (Å²) in [6, 6.07) is 20.2. The summed E-state index contributed by atoms with van der Waals surface area (Å²) in [6.45, 7) is 1.75. The Morgan fingerprint density at radius 1 is 0.895 bits per heavy atom. The number of sulfonamides is 1. The number of hydrogen-bond donors (Lipinski definition) is 2. The number of hydrogen-bond acceptors (Lipinski definition) is 7. The van der Waals surface area contributed by atoms with E-state index in [2.05, 4.69) is 9.97 Å². The molecule has 194 valence electrons. The molecule has 0 bridgehead atoms. The second kappa shape index (κ2) is 9.46. The van der Waals surface area contributed by atoms with E-state index in [-0.39, 0.29) is 28.5 Å². The van der Waals surface area contributed by atoms with Crippen molar-refractivity contribution in [1.29, 1.82) is 0 Å². The lowest BCUT2D eigenvalue weighted by Gasteiger charge is -2.30. The molecule has 1 amide bonds. The van der Waals surface area contributed by atoms with E-state index in [1.165, 1.54) is 4.31 Å². The molecule has 1 saturated heterocycles. The Kier molecular flexibility index (Phi) is 6.10. The molecular formula is C28H28N6O3S. The van der Waals surface area contributed by atoms with E-state index in [1.807, 2.05) is 24.3 Å². The highest BCUT2D eigenvalue weighted by Crippen LogP contribution is 2.34. The monoisotopic (exact) mass is 528 g/mol. The smallest absolute Gasteiger partial charge is 0.273 e. The SMILES string of the molecule is Nc1nc(C(=O)N2Cc3ccccc3C2)c2cc(-c3ccccc3S(=O)(=O)N3CCC(N)CC3)ccc2n1. The standard InChI is InChI=1S/C28H28N6O3S/c29-21-11-13-34(14-12-21)38(36,37)25-8-4-3-7-22(25)18-9-10-24-23(15-18)26(32-28(30)31-24)27(35)33-16-19-5-1-2-6-20(19)17-33/h1-10,15,21H,11-14,16-17,29H2,(H2,30,31,32). The topological polar surface area (TPSA) is 136 Å². The van der Waals surface area contributed by atoms with E-state index in [4.69, 9.17) is 11.5 Å². The van der Waals surface area contributed by atoms with E-state index >= 15 is 0 Å². The maximum Gasteiger partial charge on any atom is 0.273 e. The maximum absolute atomic E-state index is 13.7. The number of fused-ring (bicyclic) bond motifs is 2. The lowest BCUT2D eigenvalue weighted by molar-refractivity contribution is 0.0747. The summed E-state index contributed by atoms with van der Waals surface area (Å²) < 4.78 is 28.8. The number of carbonyl (C=O) groups excluding carboxylic acids is 1. The molecule has 3 heterocycles. The van der Waals surface area contributed by atoms with Crippen molar-refractivity contribution in [3.63, 3.8) is 0 Å². The first kappa shape index (κ1) is 24.5. The van der Waals surface area contributed by atoms with E-state index in [0.29, 0.717) is 61.1 Å². The molecule has 0 atom stereocenters. The summed E-state index contributed by atoms with van der Waals surface area (Å²) in [5, 5.41) is 0.522. The van der Waals surface area contributed by atoms with Gasteiger partial charge in [0.25, 0.3) is 5.91 Å². The van der Waals surface area contributed by atoms with Crippen molar-refractivity contribution >= 4 is 32.8 Å². The first-order valence-corrected chi connectivity index (χ1v) is 14.0. The third kappa shape index (κ3) is 4.30. The number of amides is 1. The summed E-state index contributed by atoms with van der Waals surface area (Å²) in [5.41, 5.74) is 16.1. The number of aromatic nitrogens is 2. The number of anilines is 1. The van der Waals surface area contributed by atoms with Gasteiger partial charge < -0.3 is 16.4 Å². The van der Waals surface area contributed by atoms with Crippen LogP contribution in [0.15, 0.2) is 71.6 Å². The van der Waals surface area contributed by atoms with Crippen LogP contribution in [-0.4, -0.2) is 52.6 Å². The minimum atomic E-state index is -3.74. The Hall–Kier alpha value is -3.86. The van der Waals surface area contributed by atoms with Crippen LogP contribution in [0.4, 0.5) is 5.95 Å². The molecule has 2 aliphatic rings. The second-order valence-corrected chi connectivity index (χ2v) is 11.7. The maximum atomic E-state index is 13.7. The zero-order valence-electron chi connectivity index (χ0n) is 20.7. The van der Waals surface area contributed by atoms with Crippen molar-refractivity contribution in [1.82, 2.24) is 19.2 Å². The molecular weight excluding hydrogens is 500 g/mol. The molecule has 0 radical (unpaired) electrons. The molecule has 3 aromatic carbocycles. The Morgan fingerprint density at radius 3 is 2.26 bits per heavy atom. The Bertz CT molecular complexity index is 1640. The van der Waals surface area contributed by atoms with Gasteiger partial charge in [0.05, 0.1) is 10.4 Å². The van der Waals surface area contributed by atoms with Gasteiger partial charge in [-0.05, 0) is 47.7 Å². The van der Waals surface area contributed by atoms with Gasteiger partial charge in [0, 0.05) is 43.2 Å². The molecule has 10 heteroatoms. The number of carbonyl (C=O) groups is 1. The van der Waals surface area contributed by atoms with Crippen LogP contribution >= 0.6 is 0 Å². The number of rotatable bonds is 4. The van der Waals surface area contributed by atoms with E-state index in [9.17, 15) is 13.2 Å². The van der Waals surface area contributed by atoms with Crippen molar-refractivity contribution in [3.05, 3.63) is 83.6 Å². The van der Waals surface area contributed by atoms with Crippen LogP contribution in [0.5, 0.6) is 0 Å². The lowest BCUT2D eigenvalue weighted by atomic mass is 10.0. The van der Waals surface area contributed by atoms with Crippen LogP contribution in [0.2, 0.25) is 0 Å². The predicted molar refractivity (Wildman–Crippen MR) is 145 cm³/mol. The molecule has 0 saturated carbocycles. The molecule has 0 spiro atoms.